The number of carboxylic acid groups (broad SMARTS) is 1. The molecule has 34 heavy (non-hydrogen) atoms. The Morgan fingerprint density at radius 1 is 1.03 bits per heavy atom. The lowest BCUT2D eigenvalue weighted by Gasteiger charge is -2.18. The second-order valence-corrected chi connectivity index (χ2v) is 8.46. The number of benzene rings is 3. The highest BCUT2D eigenvalue weighted by Gasteiger charge is 2.30. The fourth-order valence-electron chi connectivity index (χ4n) is 4.76. The average molecular weight is 458 g/mol. The number of carbonyl (C=O) groups is 2. The molecule has 0 aliphatic heterocycles. The minimum Gasteiger partial charge on any atom is -0.480 e. The van der Waals surface area contributed by atoms with Gasteiger partial charge >= 0.3 is 12.1 Å². The van der Waals surface area contributed by atoms with Crippen LogP contribution in [-0.2, 0) is 23.0 Å². The Morgan fingerprint density at radius 2 is 1.68 bits per heavy atom. The van der Waals surface area contributed by atoms with Gasteiger partial charge in [0.05, 0.1) is 0 Å². The normalized spacial score (nSPS) is 13.4. The first-order chi connectivity index (χ1) is 16.4. The number of rotatable bonds is 6. The lowest BCUT2D eigenvalue weighted by atomic mass is 9.98. The van der Waals surface area contributed by atoms with Crippen LogP contribution in [0.4, 0.5) is 9.18 Å². The maximum Gasteiger partial charge on any atom is 0.407 e. The van der Waals surface area contributed by atoms with E-state index in [0.717, 1.165) is 27.8 Å². The second-order valence-electron chi connectivity index (χ2n) is 8.46. The van der Waals surface area contributed by atoms with Crippen molar-refractivity contribution in [1.82, 2.24) is 9.88 Å². The van der Waals surface area contributed by atoms with Crippen LogP contribution in [-0.4, -0.2) is 34.4 Å². The number of hydrogen-bond acceptors (Lipinski definition) is 3. The highest BCUT2D eigenvalue weighted by atomic mass is 19.1. The van der Waals surface area contributed by atoms with Gasteiger partial charge in [0, 0.05) is 36.0 Å². The molecule has 7 heteroatoms. The van der Waals surface area contributed by atoms with Crippen LogP contribution in [0.2, 0.25) is 0 Å². The molecular formula is C27H23FN2O4. The van der Waals surface area contributed by atoms with E-state index in [4.69, 9.17) is 4.74 Å². The number of fused-ring (bicyclic) bond motifs is 4. The van der Waals surface area contributed by atoms with E-state index in [1.165, 1.54) is 12.1 Å². The Labute approximate surface area is 195 Å². The first-order valence-electron chi connectivity index (χ1n) is 11.0. The van der Waals surface area contributed by atoms with Crippen molar-refractivity contribution in [3.05, 3.63) is 95.4 Å². The molecule has 172 valence electrons. The molecule has 1 atom stereocenters. The van der Waals surface area contributed by atoms with E-state index in [0.29, 0.717) is 11.1 Å². The van der Waals surface area contributed by atoms with Crippen LogP contribution in [0.3, 0.4) is 0 Å². The number of halogens is 1. The molecule has 1 aromatic heterocycles. The third-order valence-corrected chi connectivity index (χ3v) is 6.45. The molecule has 1 amide bonds. The Morgan fingerprint density at radius 3 is 2.32 bits per heavy atom. The van der Waals surface area contributed by atoms with E-state index in [1.807, 2.05) is 48.5 Å². The Balaban J connectivity index is 1.29. The molecule has 0 bridgehead atoms. The molecular weight excluding hydrogens is 435 g/mol. The number of nitrogens with one attached hydrogen (secondary N) is 1. The summed E-state index contributed by atoms with van der Waals surface area (Å²) in [4.78, 5) is 24.4. The van der Waals surface area contributed by atoms with Crippen molar-refractivity contribution in [3.8, 4) is 11.1 Å². The zero-order valence-electron chi connectivity index (χ0n) is 18.5. The van der Waals surface area contributed by atoms with Gasteiger partial charge in [-0.15, -0.1) is 0 Å². The monoisotopic (exact) mass is 458 g/mol. The molecule has 0 fully saturated rings. The summed E-state index contributed by atoms with van der Waals surface area (Å²) in [5.41, 5.74) is 5.82. The van der Waals surface area contributed by atoms with Gasteiger partial charge in [-0.25, -0.2) is 14.0 Å². The van der Waals surface area contributed by atoms with E-state index in [2.05, 4.69) is 5.32 Å². The van der Waals surface area contributed by atoms with Crippen molar-refractivity contribution in [2.75, 3.05) is 6.61 Å². The number of alkyl carbamates (subject to hydrolysis) is 1. The van der Waals surface area contributed by atoms with Crippen LogP contribution >= 0.6 is 0 Å². The van der Waals surface area contributed by atoms with Crippen LogP contribution in [0.5, 0.6) is 0 Å². The molecule has 1 unspecified atom stereocenters. The van der Waals surface area contributed by atoms with Crippen molar-refractivity contribution in [3.63, 3.8) is 0 Å². The van der Waals surface area contributed by atoms with Crippen LogP contribution in [0.25, 0.3) is 22.0 Å². The fourth-order valence-corrected chi connectivity index (χ4v) is 4.76. The van der Waals surface area contributed by atoms with E-state index in [9.17, 15) is 19.1 Å². The molecule has 5 rings (SSSR count). The molecule has 0 saturated heterocycles. The van der Waals surface area contributed by atoms with Gasteiger partial charge in [-0.1, -0.05) is 48.5 Å². The number of carbonyl (C=O) groups excluding carboxylic acids is 1. The summed E-state index contributed by atoms with van der Waals surface area (Å²) in [6.45, 7) is 0.0967. The van der Waals surface area contributed by atoms with Crippen LogP contribution in [0, 0.1) is 5.82 Å². The second kappa shape index (κ2) is 8.67. The minimum absolute atomic E-state index is 0.0341. The summed E-state index contributed by atoms with van der Waals surface area (Å²) in [6, 6.07) is 20.9. The number of nitrogens with zero attached hydrogens (tertiary/aromatic N) is 1. The summed E-state index contributed by atoms with van der Waals surface area (Å²) in [7, 11) is 1.78. The van der Waals surface area contributed by atoms with E-state index < -0.39 is 18.1 Å². The SMILES string of the molecule is Cn1c(CC(NC(=O)OCC2c3ccccc3-c3ccccc32)C(=O)O)cc2cc(F)ccc21. The summed E-state index contributed by atoms with van der Waals surface area (Å²) in [5, 5.41) is 12.8. The third kappa shape index (κ3) is 3.90. The number of aryl methyl sites for hydroxylation is 1. The highest BCUT2D eigenvalue weighted by molar-refractivity contribution is 5.83. The van der Waals surface area contributed by atoms with Gasteiger partial charge < -0.3 is 19.7 Å². The maximum atomic E-state index is 13.6. The van der Waals surface area contributed by atoms with Crippen LogP contribution < -0.4 is 5.32 Å². The Kier molecular flexibility index (Phi) is 5.53. The molecule has 4 aromatic rings. The molecule has 2 N–H and O–H groups in total. The van der Waals surface area contributed by atoms with E-state index in [-0.39, 0.29) is 24.8 Å². The lowest BCUT2D eigenvalue weighted by molar-refractivity contribution is -0.139. The summed E-state index contributed by atoms with van der Waals surface area (Å²) < 4.78 is 20.9. The third-order valence-electron chi connectivity index (χ3n) is 6.45. The number of carboxylic acids is 1. The Hall–Kier alpha value is -4.13. The number of hydrogen-bond donors (Lipinski definition) is 2. The van der Waals surface area contributed by atoms with E-state index >= 15 is 0 Å². The molecule has 1 aliphatic carbocycles. The van der Waals surface area contributed by atoms with Gasteiger partial charge in [-0.3, -0.25) is 0 Å². The van der Waals surface area contributed by atoms with Gasteiger partial charge in [0.1, 0.15) is 18.5 Å². The van der Waals surface area contributed by atoms with E-state index in [1.54, 1.807) is 23.7 Å². The van der Waals surface area contributed by atoms with Gasteiger partial charge in [0.25, 0.3) is 0 Å². The zero-order valence-corrected chi connectivity index (χ0v) is 18.5. The first kappa shape index (κ1) is 21.7. The molecule has 0 radical (unpaired) electrons. The predicted octanol–water partition coefficient (Wildman–Crippen LogP) is 4.85. The number of amides is 1. The summed E-state index contributed by atoms with van der Waals surface area (Å²) >= 11 is 0. The topological polar surface area (TPSA) is 80.6 Å². The largest absolute Gasteiger partial charge is 0.480 e. The molecule has 0 saturated carbocycles. The minimum atomic E-state index is -1.19. The Bertz CT molecular complexity index is 1370. The van der Waals surface area contributed by atoms with Crippen LogP contribution in [0.1, 0.15) is 22.7 Å². The fraction of sp³-hybridized carbons (Fsp3) is 0.185. The predicted molar refractivity (Wildman–Crippen MR) is 126 cm³/mol. The lowest BCUT2D eigenvalue weighted by Crippen LogP contribution is -2.43. The molecule has 1 heterocycles. The van der Waals surface area contributed by atoms with Gasteiger partial charge in [0.2, 0.25) is 0 Å². The zero-order chi connectivity index (χ0) is 23.8. The first-order valence-corrected chi connectivity index (χ1v) is 11.0. The van der Waals surface area contributed by atoms with Gasteiger partial charge in [-0.05, 0) is 46.5 Å². The average Bonchev–Trinajstić information content (AvgIpc) is 3.31. The quantitative estimate of drug-likeness (QED) is 0.433. The van der Waals surface area contributed by atoms with Crippen molar-refractivity contribution < 1.29 is 23.8 Å². The van der Waals surface area contributed by atoms with Crippen molar-refractivity contribution in [1.29, 1.82) is 0 Å². The van der Waals surface area contributed by atoms with Crippen molar-refractivity contribution in [2.45, 2.75) is 18.4 Å². The highest BCUT2D eigenvalue weighted by Crippen LogP contribution is 2.44. The smallest absolute Gasteiger partial charge is 0.407 e. The van der Waals surface area contributed by atoms with Crippen LogP contribution in [0.15, 0.2) is 72.8 Å². The van der Waals surface area contributed by atoms with Gasteiger partial charge in [-0.2, -0.15) is 0 Å². The standard InChI is InChI=1S/C27H23FN2O4/c1-30-18(13-16-12-17(28)10-11-25(16)30)14-24(26(31)32)29-27(33)34-15-23-21-8-4-2-6-19(21)20-7-3-5-9-22(20)23/h2-13,23-24H,14-15H2,1H3,(H,29,33)(H,31,32). The molecule has 6 nitrogen and oxygen atoms in total. The molecule has 1 aliphatic rings. The number of aliphatic carboxylic acids is 1. The summed E-state index contributed by atoms with van der Waals surface area (Å²) in [6.07, 6.45) is -0.758. The molecule has 0 spiro atoms. The van der Waals surface area contributed by atoms with Gasteiger partial charge in [0.15, 0.2) is 0 Å². The van der Waals surface area contributed by atoms with Crippen molar-refractivity contribution >= 4 is 23.0 Å². The number of ether oxygens (including phenoxy) is 1. The maximum absolute atomic E-state index is 13.6. The molecule has 3 aromatic carbocycles. The summed E-state index contributed by atoms with van der Waals surface area (Å²) in [5.74, 6) is -1.66. The number of aromatic nitrogens is 1. The van der Waals surface area contributed by atoms with Crippen molar-refractivity contribution in [2.24, 2.45) is 7.05 Å².